The Morgan fingerprint density at radius 1 is 1.16 bits per heavy atom. The van der Waals surface area contributed by atoms with E-state index in [9.17, 15) is 14.7 Å². The number of aromatic nitrogens is 2. The Hall–Kier alpha value is -2.94. The van der Waals surface area contributed by atoms with Gasteiger partial charge in [0.1, 0.15) is 0 Å². The number of nitrogens with one attached hydrogen (secondary N) is 1. The van der Waals surface area contributed by atoms with Crippen LogP contribution in [0.3, 0.4) is 0 Å². The van der Waals surface area contributed by atoms with Crippen LogP contribution >= 0.6 is 0 Å². The van der Waals surface area contributed by atoms with Crippen molar-refractivity contribution < 1.29 is 14.6 Å². The highest BCUT2D eigenvalue weighted by molar-refractivity contribution is 5.94. The summed E-state index contributed by atoms with van der Waals surface area (Å²) in [6.07, 6.45) is 1.07. The number of para-hydroxylation sites is 2. The topological polar surface area (TPSA) is 114 Å². The van der Waals surface area contributed by atoms with Gasteiger partial charge in [0.25, 0.3) is 0 Å². The first kappa shape index (κ1) is 21.3. The Kier molecular flexibility index (Phi) is 6.50. The van der Waals surface area contributed by atoms with E-state index in [2.05, 4.69) is 9.88 Å². The molecule has 0 bridgehead atoms. The van der Waals surface area contributed by atoms with Crippen LogP contribution < -0.4 is 11.4 Å². The second-order valence-electron chi connectivity index (χ2n) is 8.04. The lowest BCUT2D eigenvalue weighted by atomic mass is 10.0. The maximum absolute atomic E-state index is 12.4. The molecular weight excluding hydrogens is 396 g/mol. The number of likely N-dealkylation sites (tertiary alicyclic amines) is 1. The lowest BCUT2D eigenvalue weighted by Gasteiger charge is -2.33. The summed E-state index contributed by atoms with van der Waals surface area (Å²) in [5.74, 6) is -0.489. The van der Waals surface area contributed by atoms with Crippen molar-refractivity contribution in [3.05, 3.63) is 70.1 Å². The van der Waals surface area contributed by atoms with Gasteiger partial charge in [-0.15, -0.1) is 0 Å². The van der Waals surface area contributed by atoms with Crippen LogP contribution in [0.5, 0.6) is 0 Å². The first-order valence-corrected chi connectivity index (χ1v) is 10.6. The number of hydrogen-bond donors (Lipinski definition) is 3. The van der Waals surface area contributed by atoms with Gasteiger partial charge >= 0.3 is 5.69 Å². The van der Waals surface area contributed by atoms with Crippen LogP contribution in [0.4, 0.5) is 0 Å². The van der Waals surface area contributed by atoms with Crippen LogP contribution in [0.25, 0.3) is 11.0 Å². The highest BCUT2D eigenvalue weighted by Crippen LogP contribution is 2.24. The molecule has 0 spiro atoms. The van der Waals surface area contributed by atoms with E-state index in [0.717, 1.165) is 37.0 Å². The number of nitrogens with two attached hydrogens (primary N) is 1. The molecule has 4 N–H and O–H groups in total. The molecule has 1 aliphatic rings. The van der Waals surface area contributed by atoms with Crippen molar-refractivity contribution >= 4 is 16.9 Å². The van der Waals surface area contributed by atoms with E-state index >= 15 is 0 Å². The number of imidazole rings is 1. The van der Waals surface area contributed by atoms with E-state index in [1.165, 1.54) is 0 Å². The number of fused-ring (bicyclic) bond motifs is 1. The van der Waals surface area contributed by atoms with E-state index in [1.54, 1.807) is 18.2 Å². The molecule has 4 rings (SSSR count). The number of aliphatic hydroxyl groups excluding tert-OH is 1. The fourth-order valence-corrected chi connectivity index (χ4v) is 4.34. The number of amides is 1. The molecule has 164 valence electrons. The normalized spacial score (nSPS) is 16.5. The van der Waals surface area contributed by atoms with Crippen molar-refractivity contribution in [3.8, 4) is 0 Å². The van der Waals surface area contributed by atoms with E-state index in [4.69, 9.17) is 10.5 Å². The molecule has 1 aromatic heterocycles. The molecule has 1 saturated heterocycles. The Morgan fingerprint density at radius 3 is 2.65 bits per heavy atom. The quantitative estimate of drug-likeness (QED) is 0.509. The summed E-state index contributed by atoms with van der Waals surface area (Å²) in [5.41, 5.74) is 8.27. The van der Waals surface area contributed by atoms with Crippen LogP contribution in [-0.4, -0.2) is 57.8 Å². The van der Waals surface area contributed by atoms with E-state index in [0.29, 0.717) is 17.7 Å². The van der Waals surface area contributed by atoms with Crippen LogP contribution in [0, 0.1) is 0 Å². The zero-order valence-corrected chi connectivity index (χ0v) is 17.4. The van der Waals surface area contributed by atoms with Crippen LogP contribution in [0.1, 0.15) is 34.8 Å². The standard InChI is InChI=1S/C23H28N4O4/c24-22(29)19-6-2-1-5-16(19)14-31-15-18(28)13-26-11-9-17(10-12-26)27-21-8-4-3-7-20(21)25-23(27)30/h1-8,17-18,28H,9-15H2,(H2,24,29)(H,25,30). The minimum Gasteiger partial charge on any atom is -0.389 e. The number of hydrogen-bond acceptors (Lipinski definition) is 5. The molecule has 2 aromatic carbocycles. The third-order valence-electron chi connectivity index (χ3n) is 5.87. The lowest BCUT2D eigenvalue weighted by molar-refractivity contribution is 0.00476. The minimum atomic E-state index is -0.631. The monoisotopic (exact) mass is 424 g/mol. The smallest absolute Gasteiger partial charge is 0.326 e. The average Bonchev–Trinajstić information content (AvgIpc) is 3.10. The van der Waals surface area contributed by atoms with Gasteiger partial charge in [-0.1, -0.05) is 30.3 Å². The molecular formula is C23H28N4O4. The molecule has 8 heteroatoms. The number of aliphatic hydroxyl groups is 1. The Bertz CT molecular complexity index is 1100. The summed E-state index contributed by atoms with van der Waals surface area (Å²) in [4.78, 5) is 29.0. The molecule has 1 aliphatic heterocycles. The zero-order valence-electron chi connectivity index (χ0n) is 17.4. The summed E-state index contributed by atoms with van der Waals surface area (Å²) in [5, 5.41) is 10.4. The third kappa shape index (κ3) is 4.87. The summed E-state index contributed by atoms with van der Waals surface area (Å²) in [6.45, 7) is 2.51. The molecule has 2 heterocycles. The molecule has 0 aliphatic carbocycles. The largest absolute Gasteiger partial charge is 0.389 e. The summed E-state index contributed by atoms with van der Waals surface area (Å²) in [6, 6.07) is 14.9. The molecule has 0 radical (unpaired) electrons. The second kappa shape index (κ2) is 9.47. The van der Waals surface area contributed by atoms with Gasteiger partial charge in [-0.2, -0.15) is 0 Å². The molecule has 0 saturated carbocycles. The molecule has 1 amide bonds. The zero-order chi connectivity index (χ0) is 21.8. The number of piperidine rings is 1. The molecule has 1 atom stereocenters. The summed E-state index contributed by atoms with van der Waals surface area (Å²) >= 11 is 0. The summed E-state index contributed by atoms with van der Waals surface area (Å²) in [7, 11) is 0. The first-order valence-electron chi connectivity index (χ1n) is 10.6. The molecule has 1 unspecified atom stereocenters. The maximum Gasteiger partial charge on any atom is 0.326 e. The number of rotatable bonds is 8. The van der Waals surface area contributed by atoms with Gasteiger partial charge in [0.05, 0.1) is 30.4 Å². The van der Waals surface area contributed by atoms with E-state index < -0.39 is 12.0 Å². The molecule has 3 aromatic rings. The number of β-amino-alcohol motifs (C(OH)–C–C–N with tert-alkyl or cyclic N) is 1. The van der Waals surface area contributed by atoms with Crippen molar-refractivity contribution in [3.63, 3.8) is 0 Å². The van der Waals surface area contributed by atoms with Crippen molar-refractivity contribution in [1.82, 2.24) is 14.5 Å². The highest BCUT2D eigenvalue weighted by atomic mass is 16.5. The van der Waals surface area contributed by atoms with Crippen LogP contribution in [-0.2, 0) is 11.3 Å². The SMILES string of the molecule is NC(=O)c1ccccc1COCC(O)CN1CCC(n2c(=O)[nH]c3ccccc32)CC1. The number of benzene rings is 2. The number of nitrogens with zero attached hydrogens (tertiary/aromatic N) is 2. The van der Waals surface area contributed by atoms with Gasteiger partial charge in [0.2, 0.25) is 5.91 Å². The van der Waals surface area contributed by atoms with Crippen molar-refractivity contribution in [1.29, 1.82) is 0 Å². The predicted octanol–water partition coefficient (Wildman–Crippen LogP) is 1.64. The maximum atomic E-state index is 12.4. The fourth-order valence-electron chi connectivity index (χ4n) is 4.34. The van der Waals surface area contributed by atoms with Gasteiger partial charge < -0.3 is 25.5 Å². The van der Waals surface area contributed by atoms with Gasteiger partial charge in [0, 0.05) is 31.2 Å². The van der Waals surface area contributed by atoms with E-state index in [1.807, 2.05) is 34.9 Å². The number of carbonyl (C=O) groups is 1. The average molecular weight is 425 g/mol. The van der Waals surface area contributed by atoms with Crippen molar-refractivity contribution in [2.45, 2.75) is 31.6 Å². The molecule has 1 fully saturated rings. The third-order valence-corrected chi connectivity index (χ3v) is 5.87. The number of H-pyrrole nitrogens is 1. The minimum absolute atomic E-state index is 0.0654. The van der Waals surface area contributed by atoms with Gasteiger partial charge in [-0.3, -0.25) is 9.36 Å². The van der Waals surface area contributed by atoms with Crippen LogP contribution in [0.15, 0.2) is 53.3 Å². The van der Waals surface area contributed by atoms with Gasteiger partial charge in [-0.05, 0) is 36.6 Å². The molecule has 8 nitrogen and oxygen atoms in total. The van der Waals surface area contributed by atoms with Crippen molar-refractivity contribution in [2.24, 2.45) is 5.73 Å². The Labute approximate surface area is 180 Å². The Balaban J connectivity index is 1.26. The van der Waals surface area contributed by atoms with Crippen molar-refractivity contribution in [2.75, 3.05) is 26.2 Å². The predicted molar refractivity (Wildman–Crippen MR) is 118 cm³/mol. The first-order chi connectivity index (χ1) is 15.0. The van der Waals surface area contributed by atoms with Gasteiger partial charge in [-0.25, -0.2) is 4.79 Å². The number of carbonyl (C=O) groups excluding carboxylic acids is 1. The highest BCUT2D eigenvalue weighted by Gasteiger charge is 2.24. The summed E-state index contributed by atoms with van der Waals surface area (Å²) < 4.78 is 7.49. The molecule has 31 heavy (non-hydrogen) atoms. The fraction of sp³-hybridized carbons (Fsp3) is 0.391. The lowest BCUT2D eigenvalue weighted by Crippen LogP contribution is -2.41. The second-order valence-corrected chi connectivity index (χ2v) is 8.04. The van der Waals surface area contributed by atoms with Gasteiger partial charge in [0.15, 0.2) is 0 Å². The van der Waals surface area contributed by atoms with Crippen LogP contribution in [0.2, 0.25) is 0 Å². The number of ether oxygens (including phenoxy) is 1. The number of aromatic amines is 1. The number of primary amides is 1. The van der Waals surface area contributed by atoms with E-state index in [-0.39, 0.29) is 24.9 Å². The Morgan fingerprint density at radius 2 is 1.87 bits per heavy atom.